The van der Waals surface area contributed by atoms with Crippen LogP contribution in [0.2, 0.25) is 0 Å². The smallest absolute Gasteiger partial charge is 0.368 e. The van der Waals surface area contributed by atoms with Gasteiger partial charge in [0, 0.05) is 6.26 Å². The second-order valence-electron chi connectivity index (χ2n) is 9.91. The summed E-state index contributed by atoms with van der Waals surface area (Å²) < 4.78 is 67.4. The van der Waals surface area contributed by atoms with E-state index in [1.54, 1.807) is 26.8 Å². The van der Waals surface area contributed by atoms with Crippen LogP contribution in [0, 0.1) is 24.2 Å². The molecule has 1 amide bonds. The van der Waals surface area contributed by atoms with Crippen molar-refractivity contribution in [2.45, 2.75) is 68.7 Å². The van der Waals surface area contributed by atoms with Gasteiger partial charge < -0.3 is 5.73 Å². The summed E-state index contributed by atoms with van der Waals surface area (Å²) in [5, 5.41) is 9.80. The van der Waals surface area contributed by atoms with E-state index in [0.29, 0.717) is 16.7 Å². The van der Waals surface area contributed by atoms with Crippen molar-refractivity contribution in [3.8, 4) is 17.2 Å². The van der Waals surface area contributed by atoms with Crippen LogP contribution >= 0.6 is 0 Å². The number of rotatable bonds is 9. The Morgan fingerprint density at radius 3 is 2.14 bits per heavy atom. The molecule has 1 aliphatic carbocycles. The van der Waals surface area contributed by atoms with Gasteiger partial charge in [-0.2, -0.15) is 18.4 Å². The lowest BCUT2D eigenvalue weighted by atomic mass is 9.92. The van der Waals surface area contributed by atoms with Crippen molar-refractivity contribution >= 4 is 15.7 Å². The van der Waals surface area contributed by atoms with E-state index in [1.165, 1.54) is 36.4 Å². The van der Waals surface area contributed by atoms with Crippen LogP contribution < -0.4 is 5.73 Å². The number of sulfone groups is 1. The van der Waals surface area contributed by atoms with Crippen molar-refractivity contribution < 1.29 is 26.4 Å². The second-order valence-corrected chi connectivity index (χ2v) is 11.9. The van der Waals surface area contributed by atoms with Gasteiger partial charge in [-0.1, -0.05) is 44.2 Å². The van der Waals surface area contributed by atoms with Crippen molar-refractivity contribution in [2.75, 3.05) is 6.26 Å². The van der Waals surface area contributed by atoms with E-state index in [9.17, 15) is 31.6 Å². The summed E-state index contributed by atoms with van der Waals surface area (Å²) in [6.45, 7) is 5.30. The lowest BCUT2D eigenvalue weighted by Crippen LogP contribution is -2.56. The molecule has 2 aromatic rings. The molecule has 2 atom stereocenters. The highest BCUT2D eigenvalue weighted by Gasteiger charge is 2.60. The molecule has 10 heteroatoms. The summed E-state index contributed by atoms with van der Waals surface area (Å²) in [5.74, 6) is -1.01. The molecule has 36 heavy (non-hydrogen) atoms. The molecular weight excluding hydrogens is 491 g/mol. The van der Waals surface area contributed by atoms with Crippen molar-refractivity contribution in [2.24, 2.45) is 11.7 Å². The topological polar surface area (TPSA) is 104 Å². The van der Waals surface area contributed by atoms with Crippen LogP contribution in [0.4, 0.5) is 13.2 Å². The van der Waals surface area contributed by atoms with Gasteiger partial charge in [-0.25, -0.2) is 8.42 Å². The Hall–Kier alpha value is -2.90. The molecule has 0 radical (unpaired) electrons. The van der Waals surface area contributed by atoms with Crippen LogP contribution in [0.3, 0.4) is 0 Å². The Kier molecular flexibility index (Phi) is 7.59. The van der Waals surface area contributed by atoms with Crippen LogP contribution in [0.15, 0.2) is 47.4 Å². The Labute approximate surface area is 209 Å². The van der Waals surface area contributed by atoms with Gasteiger partial charge in [0.15, 0.2) is 9.84 Å². The number of hydrogen-bond donors (Lipinski definition) is 1. The quantitative estimate of drug-likeness (QED) is 0.504. The fraction of sp³-hybridized carbons (Fsp3) is 0.462. The third-order valence-corrected chi connectivity index (χ3v) is 7.65. The fourth-order valence-corrected chi connectivity index (χ4v) is 5.33. The Bertz CT molecular complexity index is 1280. The normalized spacial score (nSPS) is 17.0. The summed E-state index contributed by atoms with van der Waals surface area (Å²) in [6, 6.07) is 8.89. The van der Waals surface area contributed by atoms with E-state index in [4.69, 9.17) is 5.73 Å². The molecule has 2 N–H and O–H groups in total. The van der Waals surface area contributed by atoms with E-state index in [2.05, 4.69) is 0 Å². The number of amides is 1. The van der Waals surface area contributed by atoms with Crippen LogP contribution in [0.5, 0.6) is 0 Å². The maximum absolute atomic E-state index is 14.6. The highest BCUT2D eigenvalue weighted by Crippen LogP contribution is 2.52. The van der Waals surface area contributed by atoms with Gasteiger partial charge in [0.1, 0.15) is 11.6 Å². The molecule has 1 aliphatic rings. The Balaban J connectivity index is 2.09. The summed E-state index contributed by atoms with van der Waals surface area (Å²) >= 11 is 0. The molecule has 0 unspecified atom stereocenters. The highest BCUT2D eigenvalue weighted by molar-refractivity contribution is 7.90. The average Bonchev–Trinajstić information content (AvgIpc) is 3.55. The molecule has 194 valence electrons. The lowest BCUT2D eigenvalue weighted by molar-refractivity contribution is -0.200. The predicted octanol–water partition coefficient (Wildman–Crippen LogP) is 4.93. The van der Waals surface area contributed by atoms with Crippen LogP contribution in [0.1, 0.15) is 50.3 Å². The largest absolute Gasteiger partial charge is 0.408 e. The number of nitriles is 1. The van der Waals surface area contributed by atoms with Crippen LogP contribution in [0.25, 0.3) is 11.1 Å². The van der Waals surface area contributed by atoms with Gasteiger partial charge in [-0.05, 0) is 66.5 Å². The molecule has 1 fully saturated rings. The van der Waals surface area contributed by atoms with E-state index in [0.717, 1.165) is 11.2 Å². The first-order valence-electron chi connectivity index (χ1n) is 11.6. The molecule has 0 bridgehead atoms. The number of nitrogens with zero attached hydrogens (tertiary/aromatic N) is 2. The summed E-state index contributed by atoms with van der Waals surface area (Å²) in [4.78, 5) is 13.5. The zero-order chi connectivity index (χ0) is 27.1. The minimum Gasteiger partial charge on any atom is -0.368 e. The molecule has 0 heterocycles. The first-order valence-corrected chi connectivity index (χ1v) is 13.5. The van der Waals surface area contributed by atoms with Crippen LogP contribution in [-0.4, -0.2) is 43.2 Å². The number of benzene rings is 2. The number of carbonyl (C=O) groups excluding carboxylic acids is 1. The zero-order valence-corrected chi connectivity index (χ0v) is 21.4. The van der Waals surface area contributed by atoms with Crippen LogP contribution in [-0.2, 0) is 14.6 Å². The maximum atomic E-state index is 14.6. The fourth-order valence-electron chi connectivity index (χ4n) is 4.63. The van der Waals surface area contributed by atoms with Crippen molar-refractivity contribution in [3.63, 3.8) is 0 Å². The highest BCUT2D eigenvalue weighted by atomic mass is 32.2. The van der Waals surface area contributed by atoms with Gasteiger partial charge in [-0.15, -0.1) is 0 Å². The summed E-state index contributed by atoms with van der Waals surface area (Å²) in [5.41, 5.74) is 6.02. The minimum absolute atomic E-state index is 0.0926. The number of carbonyl (C=O) groups is 1. The minimum atomic E-state index is -4.77. The maximum Gasteiger partial charge on any atom is 0.408 e. The molecule has 0 saturated heterocycles. The summed E-state index contributed by atoms with van der Waals surface area (Å²) in [7, 11) is -3.40. The number of aryl methyl sites for hydroxylation is 1. The number of nitrogens with two attached hydrogens (primary N) is 1. The molecule has 2 aromatic carbocycles. The third-order valence-electron chi connectivity index (χ3n) is 6.54. The Morgan fingerprint density at radius 1 is 1.17 bits per heavy atom. The standard InChI is InChI=1S/C26H30F3N3O3S/c1-16(2)13-22(24(31)33)32(25(15-30)11-12-25)23(26(27,28)29)19-7-5-18(6-8-19)21-10-9-20(14-17(21)3)36(4,34)35/h5-10,14,16,22-23H,11-13H2,1-4H3,(H2,31,33)/t22-,23-/m0/s1. The van der Waals surface area contributed by atoms with Gasteiger partial charge in [0.05, 0.1) is 17.0 Å². The molecule has 1 saturated carbocycles. The molecule has 0 aromatic heterocycles. The molecule has 3 rings (SSSR count). The Morgan fingerprint density at radius 2 is 1.75 bits per heavy atom. The lowest BCUT2D eigenvalue weighted by Gasteiger charge is -2.41. The van der Waals surface area contributed by atoms with Gasteiger partial charge in [0.25, 0.3) is 0 Å². The van der Waals surface area contributed by atoms with E-state index < -0.39 is 39.5 Å². The first-order chi connectivity index (χ1) is 16.6. The predicted molar refractivity (Wildman–Crippen MR) is 130 cm³/mol. The number of alkyl halides is 3. The molecule has 0 aliphatic heterocycles. The van der Waals surface area contributed by atoms with E-state index in [1.807, 2.05) is 6.07 Å². The molecular formula is C26H30F3N3O3S. The third kappa shape index (κ3) is 5.73. The number of halogens is 3. The van der Waals surface area contributed by atoms with Crippen molar-refractivity contribution in [1.29, 1.82) is 5.26 Å². The number of hydrogen-bond acceptors (Lipinski definition) is 5. The number of primary amides is 1. The van der Waals surface area contributed by atoms with Gasteiger partial charge in [0.2, 0.25) is 5.91 Å². The molecule has 0 spiro atoms. The zero-order valence-electron chi connectivity index (χ0n) is 20.6. The molecule has 6 nitrogen and oxygen atoms in total. The SMILES string of the molecule is Cc1cc(S(C)(=O)=O)ccc1-c1ccc([C@H](N([C@@H](CC(C)C)C(N)=O)C2(C#N)CC2)C(F)(F)F)cc1. The monoisotopic (exact) mass is 521 g/mol. The van der Waals surface area contributed by atoms with E-state index >= 15 is 0 Å². The van der Waals surface area contributed by atoms with E-state index in [-0.39, 0.29) is 35.6 Å². The summed E-state index contributed by atoms with van der Waals surface area (Å²) in [6.07, 6.45) is -3.13. The second kappa shape index (κ2) is 9.87. The van der Waals surface area contributed by atoms with Gasteiger partial charge >= 0.3 is 6.18 Å². The van der Waals surface area contributed by atoms with Gasteiger partial charge in [-0.3, -0.25) is 9.69 Å². The van der Waals surface area contributed by atoms with Crippen molar-refractivity contribution in [3.05, 3.63) is 53.6 Å². The van der Waals surface area contributed by atoms with Crippen molar-refractivity contribution in [1.82, 2.24) is 4.90 Å². The average molecular weight is 522 g/mol. The first kappa shape index (κ1) is 27.7.